The molecule has 1 rings (SSSR count). The molecule has 1 aromatic carbocycles. The van der Waals surface area contributed by atoms with Crippen LogP contribution in [-0.4, -0.2) is 27.9 Å². The summed E-state index contributed by atoms with van der Waals surface area (Å²) in [6, 6.07) is 8.52. The van der Waals surface area contributed by atoms with Crippen LogP contribution < -0.4 is 0 Å². The number of rotatable bonds is 8. The molecule has 118 valence electrons. The lowest BCUT2D eigenvalue weighted by molar-refractivity contribution is -0.137. The van der Waals surface area contributed by atoms with Gasteiger partial charge in [-0.15, -0.1) is 24.8 Å². The zero-order valence-electron chi connectivity index (χ0n) is 11.2. The monoisotopic (exact) mass is 336 g/mol. The molecule has 7 heteroatoms. The van der Waals surface area contributed by atoms with Gasteiger partial charge in [-0.25, -0.2) is 0 Å². The molecule has 0 fully saturated rings. The van der Waals surface area contributed by atoms with Crippen molar-refractivity contribution in [3.05, 3.63) is 35.9 Å². The molecule has 0 heterocycles. The van der Waals surface area contributed by atoms with E-state index in [2.05, 4.69) is 0 Å². The third kappa shape index (κ3) is 8.32. The smallest absolute Gasteiger partial charge is 0.303 e. The number of halogens is 2. The number of Topliss-reactive ketones (excluding diaryl/α,β-unsaturated/α-hetero) is 1. The van der Waals surface area contributed by atoms with Crippen LogP contribution in [-0.2, 0) is 9.59 Å². The van der Waals surface area contributed by atoms with Crippen molar-refractivity contribution >= 4 is 42.5 Å². The summed E-state index contributed by atoms with van der Waals surface area (Å²) in [6.07, 6.45) is 0.0540. The molecule has 0 aromatic heterocycles. The fourth-order valence-electron chi connectivity index (χ4n) is 1.84. The van der Waals surface area contributed by atoms with Crippen LogP contribution in [0.1, 0.15) is 36.0 Å². The highest BCUT2D eigenvalue weighted by Gasteiger charge is 2.21. The average molecular weight is 337 g/mol. The highest BCUT2D eigenvalue weighted by Crippen LogP contribution is 2.19. The molecule has 0 spiro atoms. The standard InChI is InChI=1S/C14H16O5.2ClH/c15-12(16)8-6-11(7-9-13(17)18)14(19)10-4-2-1-3-5-10;;/h1-5,11H,6-9H2,(H,15,16)(H,17,18);2*1H. The van der Waals surface area contributed by atoms with E-state index in [0.29, 0.717) is 5.56 Å². The largest absolute Gasteiger partial charge is 0.481 e. The number of carbonyl (C=O) groups is 3. The lowest BCUT2D eigenvalue weighted by Gasteiger charge is -2.13. The number of benzene rings is 1. The van der Waals surface area contributed by atoms with Crippen molar-refractivity contribution in [3.8, 4) is 0 Å². The summed E-state index contributed by atoms with van der Waals surface area (Å²) in [6.45, 7) is 0. The molecule has 0 amide bonds. The molecule has 0 aliphatic heterocycles. The van der Waals surface area contributed by atoms with Crippen LogP contribution in [0.25, 0.3) is 0 Å². The first-order chi connectivity index (χ1) is 9.00. The van der Waals surface area contributed by atoms with Crippen molar-refractivity contribution in [1.82, 2.24) is 0 Å². The Morgan fingerprint density at radius 1 is 0.857 bits per heavy atom. The van der Waals surface area contributed by atoms with E-state index in [9.17, 15) is 14.4 Å². The van der Waals surface area contributed by atoms with Crippen molar-refractivity contribution in [2.75, 3.05) is 0 Å². The van der Waals surface area contributed by atoms with E-state index in [1.807, 2.05) is 0 Å². The second kappa shape index (κ2) is 11.1. The molecule has 0 radical (unpaired) electrons. The Bertz CT molecular complexity index is 444. The molecule has 2 N–H and O–H groups in total. The number of hydrogen-bond donors (Lipinski definition) is 2. The minimum Gasteiger partial charge on any atom is -0.481 e. The zero-order valence-corrected chi connectivity index (χ0v) is 12.9. The van der Waals surface area contributed by atoms with E-state index in [-0.39, 0.29) is 56.3 Å². The predicted octanol–water partition coefficient (Wildman–Crippen LogP) is 3.06. The molecule has 0 saturated heterocycles. The Hall–Kier alpha value is -1.59. The van der Waals surface area contributed by atoms with Crippen molar-refractivity contribution in [2.24, 2.45) is 5.92 Å². The first kappa shape index (κ1) is 21.7. The number of carbonyl (C=O) groups excluding carboxylic acids is 1. The van der Waals surface area contributed by atoms with Gasteiger partial charge in [0.05, 0.1) is 0 Å². The number of carboxylic acid groups (broad SMARTS) is 2. The lowest BCUT2D eigenvalue weighted by atomic mass is 9.89. The van der Waals surface area contributed by atoms with Crippen molar-refractivity contribution in [2.45, 2.75) is 25.7 Å². The van der Waals surface area contributed by atoms with Crippen LogP contribution in [0.5, 0.6) is 0 Å². The molecule has 0 bridgehead atoms. The third-order valence-corrected chi connectivity index (χ3v) is 2.84. The van der Waals surface area contributed by atoms with E-state index < -0.39 is 17.9 Å². The van der Waals surface area contributed by atoms with Crippen molar-refractivity contribution < 1.29 is 24.6 Å². The van der Waals surface area contributed by atoms with Gasteiger partial charge in [-0.05, 0) is 12.8 Å². The van der Waals surface area contributed by atoms with E-state index in [0.717, 1.165) is 0 Å². The molecule has 0 atom stereocenters. The molecule has 0 aliphatic rings. The van der Waals surface area contributed by atoms with E-state index in [1.54, 1.807) is 30.3 Å². The summed E-state index contributed by atoms with van der Waals surface area (Å²) in [4.78, 5) is 33.3. The zero-order chi connectivity index (χ0) is 14.3. The average Bonchev–Trinajstić information content (AvgIpc) is 2.38. The molecule has 0 saturated carbocycles. The topological polar surface area (TPSA) is 91.7 Å². The number of carboxylic acids is 2. The molecule has 5 nitrogen and oxygen atoms in total. The van der Waals surface area contributed by atoms with Gasteiger partial charge >= 0.3 is 11.9 Å². The molecule has 1 aromatic rings. The quantitative estimate of drug-likeness (QED) is 0.712. The Balaban J connectivity index is 0. The molecular formula is C14H18Cl2O5. The fraction of sp³-hybridized carbons (Fsp3) is 0.357. The van der Waals surface area contributed by atoms with Gasteiger partial charge in [0, 0.05) is 24.3 Å². The maximum Gasteiger partial charge on any atom is 0.303 e. The number of ketones is 1. The summed E-state index contributed by atoms with van der Waals surface area (Å²) in [5.74, 6) is -2.72. The van der Waals surface area contributed by atoms with Crippen LogP contribution >= 0.6 is 24.8 Å². The second-order valence-corrected chi connectivity index (χ2v) is 4.29. The first-order valence-electron chi connectivity index (χ1n) is 6.03. The van der Waals surface area contributed by atoms with Crippen molar-refractivity contribution in [3.63, 3.8) is 0 Å². The van der Waals surface area contributed by atoms with Gasteiger partial charge in [-0.2, -0.15) is 0 Å². The Morgan fingerprint density at radius 3 is 1.67 bits per heavy atom. The highest BCUT2D eigenvalue weighted by molar-refractivity contribution is 5.98. The molecule has 0 aliphatic carbocycles. The van der Waals surface area contributed by atoms with Gasteiger partial charge < -0.3 is 10.2 Å². The van der Waals surface area contributed by atoms with Crippen LogP contribution in [0, 0.1) is 5.92 Å². The van der Waals surface area contributed by atoms with Gasteiger partial charge in [0.2, 0.25) is 0 Å². The molecule has 0 unspecified atom stereocenters. The van der Waals surface area contributed by atoms with E-state index >= 15 is 0 Å². The summed E-state index contributed by atoms with van der Waals surface area (Å²) in [5.41, 5.74) is 0.489. The van der Waals surface area contributed by atoms with Crippen molar-refractivity contribution in [1.29, 1.82) is 0 Å². The maximum absolute atomic E-state index is 12.2. The summed E-state index contributed by atoms with van der Waals surface area (Å²) < 4.78 is 0. The van der Waals surface area contributed by atoms with Crippen LogP contribution in [0.15, 0.2) is 30.3 Å². The van der Waals surface area contributed by atoms with Crippen LogP contribution in [0.4, 0.5) is 0 Å². The predicted molar refractivity (Wildman–Crippen MR) is 82.5 cm³/mol. The number of aliphatic carboxylic acids is 2. The summed E-state index contributed by atoms with van der Waals surface area (Å²) in [7, 11) is 0. The van der Waals surface area contributed by atoms with Gasteiger partial charge in [0.1, 0.15) is 0 Å². The Kier molecular flexibility index (Phi) is 11.5. The summed E-state index contributed by atoms with van der Waals surface area (Å²) in [5, 5.41) is 17.3. The second-order valence-electron chi connectivity index (χ2n) is 4.29. The first-order valence-corrected chi connectivity index (χ1v) is 6.03. The van der Waals surface area contributed by atoms with E-state index in [1.165, 1.54) is 0 Å². The van der Waals surface area contributed by atoms with Gasteiger partial charge in [0.25, 0.3) is 0 Å². The van der Waals surface area contributed by atoms with Gasteiger partial charge in [0.15, 0.2) is 5.78 Å². The minimum atomic E-state index is -0.985. The Labute approximate surface area is 135 Å². The Morgan fingerprint density at radius 2 is 1.29 bits per heavy atom. The van der Waals surface area contributed by atoms with Gasteiger partial charge in [-0.3, -0.25) is 14.4 Å². The maximum atomic E-state index is 12.2. The SMILES string of the molecule is Cl.Cl.O=C(O)CCC(CCC(=O)O)C(=O)c1ccccc1. The van der Waals surface area contributed by atoms with Crippen LogP contribution in [0.3, 0.4) is 0 Å². The minimum absolute atomic E-state index is 0. The number of hydrogen-bond acceptors (Lipinski definition) is 3. The normalized spacial score (nSPS) is 9.38. The third-order valence-electron chi connectivity index (χ3n) is 2.84. The fourth-order valence-corrected chi connectivity index (χ4v) is 1.84. The van der Waals surface area contributed by atoms with E-state index in [4.69, 9.17) is 10.2 Å². The molecule has 21 heavy (non-hydrogen) atoms. The van der Waals surface area contributed by atoms with Gasteiger partial charge in [-0.1, -0.05) is 30.3 Å². The lowest BCUT2D eigenvalue weighted by Crippen LogP contribution is -2.17. The highest BCUT2D eigenvalue weighted by atomic mass is 35.5. The summed E-state index contributed by atoms with van der Waals surface area (Å²) >= 11 is 0. The molecular weight excluding hydrogens is 319 g/mol. The van der Waals surface area contributed by atoms with Crippen LogP contribution in [0.2, 0.25) is 0 Å².